The fraction of sp³-hybridized carbons (Fsp3) is 0.348. The zero-order valence-electron chi connectivity index (χ0n) is 16.9. The lowest BCUT2D eigenvalue weighted by atomic mass is 10.1. The molecule has 2 rings (SSSR count). The van der Waals surface area contributed by atoms with Gasteiger partial charge in [-0.2, -0.15) is 0 Å². The molecule has 0 aliphatic rings. The molecular weight excluding hydrogens is 370 g/mol. The maximum atomic E-state index is 12.1. The topological polar surface area (TPSA) is 74.2 Å². The molecule has 0 amide bonds. The number of aliphatic imine (C=N–C) groups is 1. The van der Waals surface area contributed by atoms with Crippen LogP contribution in [0.5, 0.6) is 0 Å². The van der Waals surface area contributed by atoms with Crippen molar-refractivity contribution in [3.8, 4) is 0 Å². The van der Waals surface area contributed by atoms with Crippen LogP contribution in [0.15, 0.2) is 59.6 Å². The first-order valence-corrected chi connectivity index (χ1v) is 9.71. The number of hydrogen-bond acceptors (Lipinski definition) is 6. The van der Waals surface area contributed by atoms with E-state index in [4.69, 9.17) is 14.2 Å². The predicted molar refractivity (Wildman–Crippen MR) is 111 cm³/mol. The van der Waals surface area contributed by atoms with E-state index in [1.165, 1.54) is 6.21 Å². The minimum atomic E-state index is -1.32. The first-order chi connectivity index (χ1) is 14.2. The molecule has 0 N–H and O–H groups in total. The van der Waals surface area contributed by atoms with Gasteiger partial charge in [0.15, 0.2) is 0 Å². The van der Waals surface area contributed by atoms with Gasteiger partial charge in [-0.05, 0) is 37.0 Å². The molecular formula is C23H27NO5. The van der Waals surface area contributed by atoms with Crippen molar-refractivity contribution < 1.29 is 23.8 Å². The zero-order valence-corrected chi connectivity index (χ0v) is 16.9. The highest BCUT2D eigenvalue weighted by Crippen LogP contribution is 2.10. The quantitative estimate of drug-likeness (QED) is 0.252. The lowest BCUT2D eigenvalue weighted by molar-refractivity contribution is -0.156. The Labute approximate surface area is 171 Å². The maximum absolute atomic E-state index is 12.1. The summed E-state index contributed by atoms with van der Waals surface area (Å²) < 4.78 is 15.6. The molecule has 6 heteroatoms. The Bertz CT molecular complexity index is 786. The molecule has 0 heterocycles. The summed E-state index contributed by atoms with van der Waals surface area (Å²) in [6, 6.07) is 16.3. The summed E-state index contributed by atoms with van der Waals surface area (Å²) in [5.74, 6) is -1.43. The van der Waals surface area contributed by atoms with Crippen molar-refractivity contribution in [3.05, 3.63) is 71.3 Å². The average Bonchev–Trinajstić information content (AvgIpc) is 2.73. The van der Waals surface area contributed by atoms with Gasteiger partial charge in [-0.15, -0.1) is 0 Å². The Hall–Kier alpha value is -2.99. The van der Waals surface area contributed by atoms with E-state index in [2.05, 4.69) is 4.99 Å². The van der Waals surface area contributed by atoms with Crippen LogP contribution in [-0.2, 0) is 36.8 Å². The number of benzene rings is 2. The van der Waals surface area contributed by atoms with Crippen LogP contribution in [0.25, 0.3) is 0 Å². The fourth-order valence-electron chi connectivity index (χ4n) is 2.65. The number of carbonyl (C=O) groups is 2. The van der Waals surface area contributed by atoms with E-state index in [0.29, 0.717) is 19.6 Å². The molecule has 0 atom stereocenters. The third-order valence-electron chi connectivity index (χ3n) is 4.06. The summed E-state index contributed by atoms with van der Waals surface area (Å²) >= 11 is 0. The van der Waals surface area contributed by atoms with Crippen LogP contribution in [0.4, 0.5) is 0 Å². The second-order valence-electron chi connectivity index (χ2n) is 6.17. The van der Waals surface area contributed by atoms with Crippen LogP contribution in [-0.4, -0.2) is 44.0 Å². The SMILES string of the molecule is CCOC(=O)C(N=Cc1ccccc1CCOCc1ccccc1)C(=O)OCC. The molecule has 29 heavy (non-hydrogen) atoms. The van der Waals surface area contributed by atoms with Gasteiger partial charge in [0, 0.05) is 6.21 Å². The average molecular weight is 397 g/mol. The lowest BCUT2D eigenvalue weighted by Crippen LogP contribution is -2.32. The summed E-state index contributed by atoms with van der Waals surface area (Å²) in [5.41, 5.74) is 2.94. The predicted octanol–water partition coefficient (Wildman–Crippen LogP) is 3.36. The fourth-order valence-corrected chi connectivity index (χ4v) is 2.65. The van der Waals surface area contributed by atoms with Crippen molar-refractivity contribution in [2.24, 2.45) is 4.99 Å². The van der Waals surface area contributed by atoms with Crippen molar-refractivity contribution >= 4 is 18.2 Å². The Morgan fingerprint density at radius 2 is 1.55 bits per heavy atom. The van der Waals surface area contributed by atoms with Gasteiger partial charge in [0.05, 0.1) is 26.4 Å². The van der Waals surface area contributed by atoms with Crippen LogP contribution in [0, 0.1) is 0 Å². The molecule has 6 nitrogen and oxygen atoms in total. The zero-order chi connectivity index (χ0) is 20.9. The van der Waals surface area contributed by atoms with Crippen LogP contribution in [0.3, 0.4) is 0 Å². The van der Waals surface area contributed by atoms with Crippen LogP contribution >= 0.6 is 0 Å². The van der Waals surface area contributed by atoms with Crippen molar-refractivity contribution in [1.82, 2.24) is 0 Å². The Morgan fingerprint density at radius 3 is 2.21 bits per heavy atom. The second kappa shape index (κ2) is 12.5. The smallest absolute Gasteiger partial charge is 0.342 e. The van der Waals surface area contributed by atoms with Gasteiger partial charge in [-0.25, -0.2) is 9.59 Å². The van der Waals surface area contributed by atoms with E-state index in [1.54, 1.807) is 13.8 Å². The minimum absolute atomic E-state index is 0.166. The van der Waals surface area contributed by atoms with E-state index in [1.807, 2.05) is 54.6 Å². The molecule has 0 bridgehead atoms. The Morgan fingerprint density at radius 1 is 0.931 bits per heavy atom. The van der Waals surface area contributed by atoms with Crippen molar-refractivity contribution in [2.75, 3.05) is 19.8 Å². The molecule has 0 aromatic heterocycles. The number of carbonyl (C=O) groups excluding carboxylic acids is 2. The highest BCUT2D eigenvalue weighted by Gasteiger charge is 2.28. The summed E-state index contributed by atoms with van der Waals surface area (Å²) in [4.78, 5) is 28.3. The minimum Gasteiger partial charge on any atom is -0.464 e. The third kappa shape index (κ3) is 7.50. The summed E-state index contributed by atoms with van der Waals surface area (Å²) in [5, 5.41) is 0. The van der Waals surface area contributed by atoms with Gasteiger partial charge >= 0.3 is 11.9 Å². The highest BCUT2D eigenvalue weighted by atomic mass is 16.6. The van der Waals surface area contributed by atoms with E-state index in [9.17, 15) is 9.59 Å². The second-order valence-corrected chi connectivity index (χ2v) is 6.17. The molecule has 2 aromatic carbocycles. The van der Waals surface area contributed by atoms with E-state index >= 15 is 0 Å². The van der Waals surface area contributed by atoms with Crippen LogP contribution in [0.1, 0.15) is 30.5 Å². The maximum Gasteiger partial charge on any atom is 0.342 e. The van der Waals surface area contributed by atoms with Crippen LogP contribution in [0.2, 0.25) is 0 Å². The van der Waals surface area contributed by atoms with Crippen molar-refractivity contribution in [1.29, 1.82) is 0 Å². The number of hydrogen-bond donors (Lipinski definition) is 0. The number of nitrogens with zero attached hydrogens (tertiary/aromatic N) is 1. The van der Waals surface area contributed by atoms with Gasteiger partial charge < -0.3 is 14.2 Å². The molecule has 154 valence electrons. The van der Waals surface area contributed by atoms with E-state index in [0.717, 1.165) is 16.7 Å². The van der Waals surface area contributed by atoms with E-state index < -0.39 is 18.0 Å². The van der Waals surface area contributed by atoms with Crippen LogP contribution < -0.4 is 0 Å². The molecule has 0 aliphatic carbocycles. The molecule has 0 aliphatic heterocycles. The van der Waals surface area contributed by atoms with Gasteiger partial charge in [0.2, 0.25) is 6.04 Å². The first kappa shape index (κ1) is 22.3. The standard InChI is InChI=1S/C23H27NO5/c1-3-28-22(25)21(23(26)29-4-2)24-16-20-13-9-8-12-19(20)14-15-27-17-18-10-6-5-7-11-18/h5-13,16,21H,3-4,14-15,17H2,1-2H3. The summed E-state index contributed by atoms with van der Waals surface area (Å²) in [7, 11) is 0. The van der Waals surface area contributed by atoms with Gasteiger partial charge in [0.25, 0.3) is 0 Å². The highest BCUT2D eigenvalue weighted by molar-refractivity contribution is 6.01. The summed E-state index contributed by atoms with van der Waals surface area (Å²) in [6.07, 6.45) is 2.20. The normalized spacial score (nSPS) is 11.0. The third-order valence-corrected chi connectivity index (χ3v) is 4.06. The molecule has 2 aromatic rings. The lowest BCUT2D eigenvalue weighted by Gasteiger charge is -2.11. The molecule has 0 radical (unpaired) electrons. The first-order valence-electron chi connectivity index (χ1n) is 9.71. The molecule has 0 saturated heterocycles. The van der Waals surface area contributed by atoms with Gasteiger partial charge in [0.1, 0.15) is 0 Å². The molecule has 0 spiro atoms. The number of esters is 2. The number of rotatable bonds is 11. The van der Waals surface area contributed by atoms with Crippen molar-refractivity contribution in [3.63, 3.8) is 0 Å². The molecule has 0 saturated carbocycles. The summed E-state index contributed by atoms with van der Waals surface area (Å²) in [6.45, 7) is 4.77. The van der Waals surface area contributed by atoms with Crippen molar-refractivity contribution in [2.45, 2.75) is 32.9 Å². The molecule has 0 unspecified atom stereocenters. The Balaban J connectivity index is 2.01. The van der Waals surface area contributed by atoms with Gasteiger partial charge in [-0.3, -0.25) is 4.99 Å². The Kier molecular flexibility index (Phi) is 9.59. The monoisotopic (exact) mass is 397 g/mol. The molecule has 0 fully saturated rings. The number of ether oxygens (including phenoxy) is 3. The largest absolute Gasteiger partial charge is 0.464 e. The van der Waals surface area contributed by atoms with E-state index in [-0.39, 0.29) is 13.2 Å². The van der Waals surface area contributed by atoms with Gasteiger partial charge in [-0.1, -0.05) is 54.6 Å².